The molecule has 1 fully saturated rings. The highest BCUT2D eigenvalue weighted by Gasteiger charge is 2.21. The minimum absolute atomic E-state index is 0.179. The number of anilines is 1. The Hall–Kier alpha value is -2.21. The van der Waals surface area contributed by atoms with E-state index in [1.807, 2.05) is 41.3 Å². The van der Waals surface area contributed by atoms with Crippen LogP contribution in [-0.4, -0.2) is 48.7 Å². The van der Waals surface area contributed by atoms with Crippen molar-refractivity contribution in [1.29, 1.82) is 0 Å². The number of piperazine rings is 1. The van der Waals surface area contributed by atoms with E-state index in [1.54, 1.807) is 12.1 Å². The van der Waals surface area contributed by atoms with Crippen molar-refractivity contribution in [2.75, 3.05) is 37.7 Å². The number of rotatable bonds is 6. The predicted molar refractivity (Wildman–Crippen MR) is 106 cm³/mol. The molecule has 138 valence electrons. The molecule has 3 rings (SSSR count). The lowest BCUT2D eigenvalue weighted by atomic mass is 10.2. The van der Waals surface area contributed by atoms with E-state index in [1.165, 1.54) is 0 Å². The van der Waals surface area contributed by atoms with E-state index in [0.717, 1.165) is 29.0 Å². The molecule has 2 aromatic carbocycles. The Labute approximate surface area is 162 Å². The van der Waals surface area contributed by atoms with Crippen molar-refractivity contribution < 1.29 is 14.6 Å². The number of aromatic hydroxyl groups is 1. The summed E-state index contributed by atoms with van der Waals surface area (Å²) in [6, 6.07) is 15.0. The largest absolute Gasteiger partial charge is 0.508 e. The maximum Gasteiger partial charge on any atom is 0.222 e. The van der Waals surface area contributed by atoms with Crippen LogP contribution in [0.3, 0.4) is 0 Å². The fourth-order valence-electron chi connectivity index (χ4n) is 3.03. The maximum atomic E-state index is 12.4. The molecule has 6 heteroatoms. The Balaban J connectivity index is 1.38. The lowest BCUT2D eigenvalue weighted by Gasteiger charge is -2.36. The number of carbonyl (C=O) groups is 1. The van der Waals surface area contributed by atoms with Gasteiger partial charge >= 0.3 is 0 Å². The van der Waals surface area contributed by atoms with Crippen LogP contribution in [0, 0.1) is 0 Å². The number of amides is 1. The lowest BCUT2D eigenvalue weighted by molar-refractivity contribution is -0.131. The minimum atomic E-state index is 0.179. The van der Waals surface area contributed by atoms with E-state index in [0.29, 0.717) is 32.5 Å². The van der Waals surface area contributed by atoms with Crippen LogP contribution in [0.4, 0.5) is 5.69 Å². The molecule has 1 saturated heterocycles. The van der Waals surface area contributed by atoms with E-state index in [4.69, 9.17) is 4.74 Å². The Morgan fingerprint density at radius 2 is 1.85 bits per heavy atom. The summed E-state index contributed by atoms with van der Waals surface area (Å²) in [6.45, 7) is 3.51. The molecule has 1 N–H and O–H groups in total. The summed E-state index contributed by atoms with van der Waals surface area (Å²) in [7, 11) is 0. The van der Waals surface area contributed by atoms with Gasteiger partial charge in [-0.05, 0) is 36.8 Å². The Morgan fingerprint density at radius 3 is 2.58 bits per heavy atom. The summed E-state index contributed by atoms with van der Waals surface area (Å²) in [4.78, 5) is 16.5. The monoisotopic (exact) mass is 418 g/mol. The van der Waals surface area contributed by atoms with Crippen molar-refractivity contribution >= 4 is 27.5 Å². The van der Waals surface area contributed by atoms with Crippen molar-refractivity contribution in [3.63, 3.8) is 0 Å². The second-order valence-corrected chi connectivity index (χ2v) is 7.21. The summed E-state index contributed by atoms with van der Waals surface area (Å²) in [6.07, 6.45) is 1.21. The Bertz CT molecular complexity index is 745. The zero-order valence-corrected chi connectivity index (χ0v) is 16.2. The highest BCUT2D eigenvalue weighted by molar-refractivity contribution is 9.10. The molecule has 1 aliphatic rings. The van der Waals surface area contributed by atoms with Crippen LogP contribution < -0.4 is 9.64 Å². The SMILES string of the molecule is O=C(CCCOc1cccc(Br)c1)N1CCN(c2cccc(O)c2)CC1. The highest BCUT2D eigenvalue weighted by atomic mass is 79.9. The van der Waals surface area contributed by atoms with Crippen LogP contribution >= 0.6 is 15.9 Å². The second kappa shape index (κ2) is 8.94. The molecule has 0 unspecified atom stereocenters. The molecule has 1 amide bonds. The highest BCUT2D eigenvalue weighted by Crippen LogP contribution is 2.21. The molecular formula is C20H23BrN2O3. The molecule has 1 heterocycles. The number of hydrogen-bond donors (Lipinski definition) is 1. The molecule has 0 spiro atoms. The van der Waals surface area contributed by atoms with Crippen LogP contribution in [0.5, 0.6) is 11.5 Å². The van der Waals surface area contributed by atoms with E-state index < -0.39 is 0 Å². The zero-order chi connectivity index (χ0) is 18.4. The first-order valence-electron chi connectivity index (χ1n) is 8.82. The van der Waals surface area contributed by atoms with Gasteiger partial charge in [-0.3, -0.25) is 4.79 Å². The van der Waals surface area contributed by atoms with E-state index in [2.05, 4.69) is 20.8 Å². The van der Waals surface area contributed by atoms with Gasteiger partial charge in [-0.25, -0.2) is 0 Å². The fraction of sp³-hybridized carbons (Fsp3) is 0.350. The van der Waals surface area contributed by atoms with Crippen molar-refractivity contribution in [1.82, 2.24) is 4.90 Å². The Morgan fingerprint density at radius 1 is 1.08 bits per heavy atom. The van der Waals surface area contributed by atoms with E-state index in [-0.39, 0.29) is 11.7 Å². The number of nitrogens with zero attached hydrogens (tertiary/aromatic N) is 2. The van der Waals surface area contributed by atoms with Crippen molar-refractivity contribution in [3.05, 3.63) is 53.0 Å². The summed E-state index contributed by atoms with van der Waals surface area (Å²) in [5.41, 5.74) is 1.000. The first-order valence-corrected chi connectivity index (χ1v) is 9.61. The number of hydrogen-bond acceptors (Lipinski definition) is 4. The first-order chi connectivity index (χ1) is 12.6. The third-order valence-electron chi connectivity index (χ3n) is 4.43. The van der Waals surface area contributed by atoms with E-state index >= 15 is 0 Å². The fourth-order valence-corrected chi connectivity index (χ4v) is 3.41. The normalized spacial score (nSPS) is 14.3. The van der Waals surface area contributed by atoms with Crippen LogP contribution in [0.2, 0.25) is 0 Å². The summed E-state index contributed by atoms with van der Waals surface area (Å²) in [5.74, 6) is 1.26. The smallest absolute Gasteiger partial charge is 0.222 e. The molecule has 5 nitrogen and oxygen atoms in total. The quantitative estimate of drug-likeness (QED) is 0.727. The minimum Gasteiger partial charge on any atom is -0.508 e. The predicted octanol–water partition coefficient (Wildman–Crippen LogP) is 3.66. The number of halogens is 1. The first kappa shape index (κ1) is 18.6. The van der Waals surface area contributed by atoms with Crippen LogP contribution in [0.1, 0.15) is 12.8 Å². The van der Waals surface area contributed by atoms with Gasteiger partial charge in [0.05, 0.1) is 6.61 Å². The molecule has 26 heavy (non-hydrogen) atoms. The molecule has 1 aliphatic heterocycles. The van der Waals surface area contributed by atoms with Gasteiger partial charge in [-0.2, -0.15) is 0 Å². The number of ether oxygens (including phenoxy) is 1. The van der Waals surface area contributed by atoms with Gasteiger partial charge in [0, 0.05) is 48.8 Å². The maximum absolute atomic E-state index is 12.4. The van der Waals surface area contributed by atoms with Crippen LogP contribution in [0.25, 0.3) is 0 Å². The average molecular weight is 419 g/mol. The standard InChI is InChI=1S/C20H23BrN2O3/c21-16-4-1-7-19(14-16)26-13-3-8-20(25)23-11-9-22(10-12-23)17-5-2-6-18(24)15-17/h1-2,4-7,14-15,24H,3,8-13H2. The number of phenolic OH excluding ortho intramolecular Hbond substituents is 1. The summed E-state index contributed by atoms with van der Waals surface area (Å²) >= 11 is 3.41. The van der Waals surface area contributed by atoms with Crippen molar-refractivity contribution in [2.24, 2.45) is 0 Å². The molecule has 0 aromatic heterocycles. The van der Waals surface area contributed by atoms with Gasteiger partial charge < -0.3 is 19.6 Å². The Kier molecular flexibility index (Phi) is 6.39. The average Bonchev–Trinajstić information content (AvgIpc) is 2.65. The number of phenols is 1. The van der Waals surface area contributed by atoms with Gasteiger partial charge in [0.25, 0.3) is 0 Å². The van der Waals surface area contributed by atoms with Gasteiger partial charge in [0.2, 0.25) is 5.91 Å². The third-order valence-corrected chi connectivity index (χ3v) is 4.92. The third kappa shape index (κ3) is 5.14. The van der Waals surface area contributed by atoms with Crippen molar-refractivity contribution in [3.8, 4) is 11.5 Å². The van der Waals surface area contributed by atoms with Crippen LogP contribution in [0.15, 0.2) is 53.0 Å². The lowest BCUT2D eigenvalue weighted by Crippen LogP contribution is -2.48. The van der Waals surface area contributed by atoms with Gasteiger partial charge in [0.1, 0.15) is 11.5 Å². The van der Waals surface area contributed by atoms with E-state index in [9.17, 15) is 9.90 Å². The van der Waals surface area contributed by atoms with Gasteiger partial charge in [0.15, 0.2) is 0 Å². The molecule has 0 bridgehead atoms. The summed E-state index contributed by atoms with van der Waals surface area (Å²) < 4.78 is 6.66. The molecule has 0 atom stereocenters. The van der Waals surface area contributed by atoms with Crippen molar-refractivity contribution in [2.45, 2.75) is 12.8 Å². The molecule has 0 radical (unpaired) electrons. The molecule has 0 saturated carbocycles. The molecule has 2 aromatic rings. The zero-order valence-electron chi connectivity index (χ0n) is 14.6. The van der Waals surface area contributed by atoms with Gasteiger partial charge in [-0.15, -0.1) is 0 Å². The molecular weight excluding hydrogens is 396 g/mol. The van der Waals surface area contributed by atoms with Gasteiger partial charge in [-0.1, -0.05) is 28.1 Å². The topological polar surface area (TPSA) is 53.0 Å². The number of benzene rings is 2. The summed E-state index contributed by atoms with van der Waals surface area (Å²) in [5, 5.41) is 9.60. The second-order valence-electron chi connectivity index (χ2n) is 6.30. The molecule has 0 aliphatic carbocycles. The number of carbonyl (C=O) groups excluding carboxylic acids is 1. The van der Waals surface area contributed by atoms with Crippen LogP contribution in [-0.2, 0) is 4.79 Å².